The highest BCUT2D eigenvalue weighted by molar-refractivity contribution is 6.33. The molecule has 1 aromatic rings. The van der Waals surface area contributed by atoms with Gasteiger partial charge >= 0.3 is 0 Å². The summed E-state index contributed by atoms with van der Waals surface area (Å²) >= 11 is 6.25. The first-order valence-electron chi connectivity index (χ1n) is 6.16. The Morgan fingerprint density at radius 1 is 1.47 bits per heavy atom. The van der Waals surface area contributed by atoms with Gasteiger partial charge in [0, 0.05) is 24.8 Å². The first-order chi connectivity index (χ1) is 9.01. The summed E-state index contributed by atoms with van der Waals surface area (Å²) in [7, 11) is 0. The van der Waals surface area contributed by atoms with Crippen LogP contribution >= 0.6 is 11.6 Å². The van der Waals surface area contributed by atoms with Crippen LogP contribution in [0.4, 0.5) is 5.69 Å². The van der Waals surface area contributed by atoms with Crippen molar-refractivity contribution in [2.45, 2.75) is 26.3 Å². The van der Waals surface area contributed by atoms with Crippen LogP contribution in [0.3, 0.4) is 0 Å². The molecule has 0 aliphatic heterocycles. The predicted molar refractivity (Wildman–Crippen MR) is 78.1 cm³/mol. The highest BCUT2D eigenvalue weighted by Crippen LogP contribution is 2.28. The van der Waals surface area contributed by atoms with E-state index in [4.69, 9.17) is 27.6 Å². The van der Waals surface area contributed by atoms with Gasteiger partial charge in [-0.3, -0.25) is 0 Å². The average Bonchev–Trinajstić information content (AvgIpc) is 2.39. The van der Waals surface area contributed by atoms with Gasteiger partial charge in [0.1, 0.15) is 0 Å². The van der Waals surface area contributed by atoms with Crippen molar-refractivity contribution in [1.29, 1.82) is 0 Å². The Bertz CT molecular complexity index is 450. The zero-order valence-corrected chi connectivity index (χ0v) is 11.9. The molecular weight excluding hydrogens is 266 g/mol. The van der Waals surface area contributed by atoms with E-state index in [0.717, 1.165) is 12.2 Å². The Hall–Kier alpha value is -1.46. The van der Waals surface area contributed by atoms with Crippen molar-refractivity contribution >= 4 is 23.1 Å². The van der Waals surface area contributed by atoms with E-state index >= 15 is 0 Å². The fraction of sp³-hybridized carbons (Fsp3) is 0.462. The van der Waals surface area contributed by atoms with E-state index in [1.807, 2.05) is 6.07 Å². The van der Waals surface area contributed by atoms with E-state index < -0.39 is 0 Å². The molecule has 0 amide bonds. The molecule has 106 valence electrons. The fourth-order valence-electron chi connectivity index (χ4n) is 1.85. The van der Waals surface area contributed by atoms with Gasteiger partial charge in [-0.1, -0.05) is 16.8 Å². The fourth-order valence-corrected chi connectivity index (χ4v) is 2.14. The summed E-state index contributed by atoms with van der Waals surface area (Å²) in [6.45, 7) is 4.98. The molecule has 0 aliphatic rings. The molecule has 1 rings (SSSR count). The van der Waals surface area contributed by atoms with E-state index in [0.29, 0.717) is 17.0 Å². The van der Waals surface area contributed by atoms with Crippen LogP contribution in [0.2, 0.25) is 5.02 Å². The molecule has 0 spiro atoms. The van der Waals surface area contributed by atoms with Crippen LogP contribution in [0.25, 0.3) is 0 Å². The molecule has 0 heterocycles. The maximum atomic E-state index is 8.94. The smallest absolute Gasteiger partial charge is 0.170 e. The minimum atomic E-state index is 0.0277. The molecule has 1 aromatic carbocycles. The molecule has 5 nitrogen and oxygen atoms in total. The molecule has 6 heteroatoms. The zero-order valence-electron chi connectivity index (χ0n) is 11.2. The van der Waals surface area contributed by atoms with Crippen molar-refractivity contribution in [3.63, 3.8) is 0 Å². The Kier molecular flexibility index (Phi) is 5.92. The molecule has 0 fully saturated rings. The maximum Gasteiger partial charge on any atom is 0.170 e. The summed E-state index contributed by atoms with van der Waals surface area (Å²) in [6.07, 6.45) is 0.677. The number of rotatable bonds is 6. The number of halogens is 1. The van der Waals surface area contributed by atoms with Gasteiger partial charge in [0.2, 0.25) is 0 Å². The second kappa shape index (κ2) is 7.21. The van der Waals surface area contributed by atoms with E-state index in [-0.39, 0.29) is 18.5 Å². The quantitative estimate of drug-likeness (QED) is 0.323. The highest BCUT2D eigenvalue weighted by Gasteiger charge is 2.14. The second-order valence-corrected chi connectivity index (χ2v) is 4.92. The molecule has 0 radical (unpaired) electrons. The van der Waals surface area contributed by atoms with Crippen LogP contribution in [0, 0.1) is 0 Å². The lowest BCUT2D eigenvalue weighted by Gasteiger charge is -2.29. The topological polar surface area (TPSA) is 82.1 Å². The van der Waals surface area contributed by atoms with Crippen molar-refractivity contribution in [3.8, 4) is 0 Å². The van der Waals surface area contributed by atoms with Gasteiger partial charge < -0.3 is 20.9 Å². The first kappa shape index (κ1) is 15.6. The lowest BCUT2D eigenvalue weighted by atomic mass is 10.1. The molecule has 0 aliphatic carbocycles. The summed E-state index contributed by atoms with van der Waals surface area (Å²) in [5.74, 6) is 0.0277. The van der Waals surface area contributed by atoms with Gasteiger partial charge in [-0.25, -0.2) is 0 Å². The van der Waals surface area contributed by atoms with Crippen molar-refractivity contribution in [2.75, 3.05) is 18.1 Å². The molecule has 4 N–H and O–H groups in total. The molecule has 0 saturated carbocycles. The number of anilines is 1. The highest BCUT2D eigenvalue weighted by atomic mass is 35.5. The third-order valence-electron chi connectivity index (χ3n) is 2.84. The summed E-state index contributed by atoms with van der Waals surface area (Å²) in [4.78, 5) is 2.11. The third kappa shape index (κ3) is 4.01. The Morgan fingerprint density at radius 2 is 2.16 bits per heavy atom. The molecule has 0 bridgehead atoms. The standard InChI is InChI=1S/C13H20ClN3O2/c1-9(2)17(6-3-7-18)12-5-4-10(8-11(12)14)13(15)16-19/h4-5,8-9,18-19H,3,6-7H2,1-2H3,(H2,15,16). The lowest BCUT2D eigenvalue weighted by molar-refractivity contribution is 0.288. The molecule has 0 saturated heterocycles. The number of aliphatic hydroxyl groups is 1. The third-order valence-corrected chi connectivity index (χ3v) is 3.14. The number of hydrogen-bond acceptors (Lipinski definition) is 4. The number of amidine groups is 1. The van der Waals surface area contributed by atoms with Gasteiger partial charge in [-0.05, 0) is 38.5 Å². The number of aliphatic hydroxyl groups excluding tert-OH is 1. The Balaban J connectivity index is 3.05. The monoisotopic (exact) mass is 285 g/mol. The SMILES string of the molecule is CC(C)N(CCCO)c1ccc(/C(N)=N/O)cc1Cl. The van der Waals surface area contributed by atoms with Crippen molar-refractivity contribution in [1.82, 2.24) is 0 Å². The Morgan fingerprint density at radius 3 is 2.63 bits per heavy atom. The summed E-state index contributed by atoms with van der Waals surface area (Å²) < 4.78 is 0. The van der Waals surface area contributed by atoms with Crippen LogP contribution in [0.15, 0.2) is 23.4 Å². The van der Waals surface area contributed by atoms with Gasteiger partial charge in [0.25, 0.3) is 0 Å². The van der Waals surface area contributed by atoms with E-state index in [9.17, 15) is 0 Å². The number of nitrogens with zero attached hydrogens (tertiary/aromatic N) is 2. The molecule has 0 aromatic heterocycles. The normalized spacial score (nSPS) is 11.9. The number of oxime groups is 1. The minimum absolute atomic E-state index is 0.0277. The van der Waals surface area contributed by atoms with E-state index in [1.54, 1.807) is 12.1 Å². The van der Waals surface area contributed by atoms with E-state index in [2.05, 4.69) is 23.9 Å². The summed E-state index contributed by atoms with van der Waals surface area (Å²) in [6, 6.07) is 5.52. The predicted octanol–water partition coefficient (Wildman–Crippen LogP) is 2.03. The molecular formula is C13H20ClN3O2. The number of hydrogen-bond donors (Lipinski definition) is 3. The van der Waals surface area contributed by atoms with Crippen LogP contribution in [-0.2, 0) is 0 Å². The lowest BCUT2D eigenvalue weighted by Crippen LogP contribution is -2.32. The summed E-state index contributed by atoms with van der Waals surface area (Å²) in [5.41, 5.74) is 6.97. The van der Waals surface area contributed by atoms with Crippen LogP contribution < -0.4 is 10.6 Å². The van der Waals surface area contributed by atoms with Gasteiger partial charge in [-0.15, -0.1) is 0 Å². The maximum absolute atomic E-state index is 8.94. The minimum Gasteiger partial charge on any atom is -0.409 e. The average molecular weight is 286 g/mol. The molecule has 0 unspecified atom stereocenters. The Labute approximate surface area is 118 Å². The van der Waals surface area contributed by atoms with Crippen LogP contribution in [0.1, 0.15) is 25.8 Å². The van der Waals surface area contributed by atoms with Crippen molar-refractivity contribution in [2.24, 2.45) is 10.9 Å². The van der Waals surface area contributed by atoms with Crippen molar-refractivity contribution < 1.29 is 10.3 Å². The second-order valence-electron chi connectivity index (χ2n) is 4.52. The van der Waals surface area contributed by atoms with Crippen molar-refractivity contribution in [3.05, 3.63) is 28.8 Å². The van der Waals surface area contributed by atoms with E-state index in [1.165, 1.54) is 0 Å². The van der Waals surface area contributed by atoms with Crippen LogP contribution in [-0.4, -0.2) is 35.3 Å². The summed E-state index contributed by atoms with van der Waals surface area (Å²) in [5, 5.41) is 21.1. The molecule has 0 atom stereocenters. The number of nitrogens with two attached hydrogens (primary N) is 1. The van der Waals surface area contributed by atoms with Crippen LogP contribution in [0.5, 0.6) is 0 Å². The van der Waals surface area contributed by atoms with Gasteiger partial charge in [0.15, 0.2) is 5.84 Å². The largest absolute Gasteiger partial charge is 0.409 e. The first-order valence-corrected chi connectivity index (χ1v) is 6.54. The zero-order chi connectivity index (χ0) is 14.4. The van der Waals surface area contributed by atoms with Gasteiger partial charge in [-0.2, -0.15) is 0 Å². The van der Waals surface area contributed by atoms with Gasteiger partial charge in [0.05, 0.1) is 10.7 Å². The number of benzene rings is 1. The molecule has 19 heavy (non-hydrogen) atoms.